The molecule has 2 atom stereocenters. The Hall–Kier alpha value is -0.0800. The molecule has 190 valence electrons. The molecular weight excluding hydrogens is 388 g/mol. The molecule has 2 nitrogen and oxygen atoms in total. The van der Waals surface area contributed by atoms with Crippen molar-refractivity contribution in [2.24, 2.45) is 17.3 Å². The van der Waals surface area contributed by atoms with Crippen LogP contribution in [0, 0.1) is 17.3 Å². The molecule has 2 aliphatic carbocycles. The molecule has 2 unspecified atom stereocenters. The molecule has 0 heterocycles. The first-order valence-electron chi connectivity index (χ1n) is 15.0. The van der Waals surface area contributed by atoms with Crippen molar-refractivity contribution < 1.29 is 0 Å². The van der Waals surface area contributed by atoms with E-state index in [0.717, 1.165) is 29.3 Å². The molecule has 1 N–H and O–H groups in total. The van der Waals surface area contributed by atoms with Gasteiger partial charge in [-0.15, -0.1) is 0 Å². The third kappa shape index (κ3) is 9.65. The number of rotatable bonds is 18. The van der Waals surface area contributed by atoms with Crippen molar-refractivity contribution in [1.82, 2.24) is 10.2 Å². The Labute approximate surface area is 203 Å². The fraction of sp³-hybridized carbons (Fsp3) is 1.00. The molecule has 2 fully saturated rings. The molecule has 0 bridgehead atoms. The molecule has 32 heavy (non-hydrogen) atoms. The highest BCUT2D eigenvalue weighted by atomic mass is 15.1. The molecule has 0 amide bonds. The molecule has 2 heteroatoms. The minimum Gasteiger partial charge on any atom is -0.314 e. The van der Waals surface area contributed by atoms with Gasteiger partial charge in [0.05, 0.1) is 0 Å². The molecule has 2 rings (SSSR count). The Morgan fingerprint density at radius 3 is 2.09 bits per heavy atom. The predicted octanol–water partition coefficient (Wildman–Crippen LogP) is 8.59. The van der Waals surface area contributed by atoms with Crippen LogP contribution >= 0.6 is 0 Å². The number of hydrogen-bond donors (Lipinski definition) is 1. The van der Waals surface area contributed by atoms with Gasteiger partial charge in [0.2, 0.25) is 0 Å². The number of unbranched alkanes of at least 4 members (excludes halogenated alkanes) is 4. The summed E-state index contributed by atoms with van der Waals surface area (Å²) in [5.74, 6) is 1.89. The van der Waals surface area contributed by atoms with Gasteiger partial charge in [0.15, 0.2) is 0 Å². The van der Waals surface area contributed by atoms with E-state index in [9.17, 15) is 0 Å². The van der Waals surface area contributed by atoms with Gasteiger partial charge in [-0.3, -0.25) is 0 Å². The summed E-state index contributed by atoms with van der Waals surface area (Å²) in [4.78, 5) is 2.77. The zero-order valence-electron chi connectivity index (χ0n) is 22.9. The second-order valence-corrected chi connectivity index (χ2v) is 12.0. The van der Waals surface area contributed by atoms with Crippen LogP contribution in [0.2, 0.25) is 0 Å². The van der Waals surface area contributed by atoms with Crippen LogP contribution in [0.4, 0.5) is 0 Å². The molecule has 0 aliphatic heterocycles. The fourth-order valence-electron chi connectivity index (χ4n) is 7.01. The summed E-state index contributed by atoms with van der Waals surface area (Å²) in [5.41, 5.74) is 0.732. The fourth-order valence-corrected chi connectivity index (χ4v) is 7.01. The van der Waals surface area contributed by atoms with Gasteiger partial charge >= 0.3 is 0 Å². The molecule has 2 aliphatic rings. The maximum atomic E-state index is 3.96. The first kappa shape index (κ1) is 28.2. The third-order valence-electron chi connectivity index (χ3n) is 9.03. The first-order chi connectivity index (χ1) is 15.6. The maximum Gasteiger partial charge on any atom is 0.00927 e. The van der Waals surface area contributed by atoms with E-state index in [4.69, 9.17) is 0 Å². The molecule has 2 saturated carbocycles. The van der Waals surface area contributed by atoms with Crippen LogP contribution in [0.3, 0.4) is 0 Å². The lowest BCUT2D eigenvalue weighted by atomic mass is 9.55. The monoisotopic (exact) mass is 448 g/mol. The first-order valence-corrected chi connectivity index (χ1v) is 15.0. The van der Waals surface area contributed by atoms with Gasteiger partial charge < -0.3 is 10.2 Å². The van der Waals surface area contributed by atoms with E-state index >= 15 is 0 Å². The van der Waals surface area contributed by atoms with Crippen LogP contribution < -0.4 is 5.32 Å². The predicted molar refractivity (Wildman–Crippen MR) is 143 cm³/mol. The summed E-state index contributed by atoms with van der Waals surface area (Å²) >= 11 is 0. The Balaban J connectivity index is 1.66. The van der Waals surface area contributed by atoms with Crippen LogP contribution in [-0.2, 0) is 0 Å². The third-order valence-corrected chi connectivity index (χ3v) is 9.03. The number of hydrogen-bond acceptors (Lipinski definition) is 2. The lowest BCUT2D eigenvalue weighted by molar-refractivity contribution is -0.0114. The van der Waals surface area contributed by atoms with Crippen molar-refractivity contribution in [3.05, 3.63) is 0 Å². The van der Waals surface area contributed by atoms with E-state index in [1.165, 1.54) is 129 Å². The van der Waals surface area contributed by atoms with Gasteiger partial charge in [-0.1, -0.05) is 79.1 Å². The van der Waals surface area contributed by atoms with Crippen LogP contribution in [0.15, 0.2) is 0 Å². The van der Waals surface area contributed by atoms with Gasteiger partial charge in [0.25, 0.3) is 0 Å². The zero-order valence-corrected chi connectivity index (χ0v) is 22.9. The molecule has 0 aromatic heterocycles. The quantitative estimate of drug-likeness (QED) is 0.211. The van der Waals surface area contributed by atoms with Crippen LogP contribution in [0.5, 0.6) is 0 Å². The van der Waals surface area contributed by atoms with Gasteiger partial charge in [-0.05, 0) is 95.1 Å². The second-order valence-electron chi connectivity index (χ2n) is 12.0. The Morgan fingerprint density at radius 1 is 0.781 bits per heavy atom. The van der Waals surface area contributed by atoms with Crippen molar-refractivity contribution in [2.75, 3.05) is 20.1 Å². The second kappa shape index (κ2) is 15.8. The summed E-state index contributed by atoms with van der Waals surface area (Å²) in [6.45, 7) is 12.0. The molecule has 0 radical (unpaired) electrons. The van der Waals surface area contributed by atoms with E-state index < -0.39 is 0 Å². The summed E-state index contributed by atoms with van der Waals surface area (Å²) in [6, 6.07) is 1.63. The zero-order chi connectivity index (χ0) is 23.2. The van der Waals surface area contributed by atoms with E-state index in [1.54, 1.807) is 0 Å². The Kier molecular flexibility index (Phi) is 13.9. The largest absolute Gasteiger partial charge is 0.314 e. The van der Waals surface area contributed by atoms with Crippen LogP contribution in [0.25, 0.3) is 0 Å². The van der Waals surface area contributed by atoms with Crippen molar-refractivity contribution in [3.63, 3.8) is 0 Å². The lowest BCUT2D eigenvalue weighted by Gasteiger charge is -2.53. The summed E-state index contributed by atoms with van der Waals surface area (Å²) in [5, 5.41) is 3.96. The Bertz CT molecular complexity index is 446. The van der Waals surface area contributed by atoms with Crippen molar-refractivity contribution >= 4 is 0 Å². The summed E-state index contributed by atoms with van der Waals surface area (Å²) < 4.78 is 0. The molecule has 0 aromatic carbocycles. The van der Waals surface area contributed by atoms with Crippen molar-refractivity contribution in [3.8, 4) is 0 Å². The smallest absolute Gasteiger partial charge is 0.00927 e. The molecule has 1 spiro atoms. The molecule has 0 saturated heterocycles. The van der Waals surface area contributed by atoms with E-state index in [0.29, 0.717) is 0 Å². The highest BCUT2D eigenvalue weighted by molar-refractivity contribution is 4.98. The van der Waals surface area contributed by atoms with Gasteiger partial charge in [0.1, 0.15) is 0 Å². The summed E-state index contributed by atoms with van der Waals surface area (Å²) in [7, 11) is 2.44. The van der Waals surface area contributed by atoms with E-state index in [1.807, 2.05) is 0 Å². The molecular formula is C30H60N2. The SMILES string of the molecule is CCCCCCC(CCC)CN(C)C1CCC2(CC1)CC(CNC(CCC)CCCC)C2. The van der Waals surface area contributed by atoms with Crippen molar-refractivity contribution in [2.45, 2.75) is 155 Å². The topological polar surface area (TPSA) is 15.3 Å². The van der Waals surface area contributed by atoms with Gasteiger partial charge in [0, 0.05) is 18.6 Å². The Morgan fingerprint density at radius 2 is 1.47 bits per heavy atom. The van der Waals surface area contributed by atoms with Gasteiger partial charge in [-0.25, -0.2) is 0 Å². The average Bonchev–Trinajstić information content (AvgIpc) is 2.77. The van der Waals surface area contributed by atoms with Gasteiger partial charge in [-0.2, -0.15) is 0 Å². The minimum absolute atomic E-state index is 0.732. The highest BCUT2D eigenvalue weighted by Crippen LogP contribution is 2.55. The summed E-state index contributed by atoms with van der Waals surface area (Å²) in [6.07, 6.45) is 25.7. The van der Waals surface area contributed by atoms with Crippen molar-refractivity contribution in [1.29, 1.82) is 0 Å². The molecule has 0 aromatic rings. The standard InChI is InChI=1S/C30H60N2/c1-6-10-12-13-16-26(14-8-3)25-32(5)29-18-20-30(21-19-29)22-27(23-30)24-31-28(15-9-4)17-11-7-2/h26-29,31H,6-25H2,1-5H3. The maximum absolute atomic E-state index is 3.96. The number of nitrogens with zero attached hydrogens (tertiary/aromatic N) is 1. The average molecular weight is 449 g/mol. The normalized spacial score (nSPS) is 27.6. The van der Waals surface area contributed by atoms with Crippen LogP contribution in [-0.4, -0.2) is 37.1 Å². The van der Waals surface area contributed by atoms with Crippen LogP contribution in [0.1, 0.15) is 143 Å². The highest BCUT2D eigenvalue weighted by Gasteiger charge is 2.46. The minimum atomic E-state index is 0.732. The van der Waals surface area contributed by atoms with E-state index in [-0.39, 0.29) is 0 Å². The lowest BCUT2D eigenvalue weighted by Crippen LogP contribution is -2.48. The van der Waals surface area contributed by atoms with E-state index in [2.05, 4.69) is 45.0 Å². The number of nitrogens with one attached hydrogen (secondary N) is 1.